The smallest absolute Gasteiger partial charge is 0.123 e. The summed E-state index contributed by atoms with van der Waals surface area (Å²) in [5.74, 6) is 0.797. The third kappa shape index (κ3) is 3.06. The summed E-state index contributed by atoms with van der Waals surface area (Å²) in [5, 5.41) is 12.2. The number of thiazole rings is 1. The Balaban J connectivity index is 2.01. The zero-order valence-electron chi connectivity index (χ0n) is 10.0. The molecule has 0 spiro atoms. The van der Waals surface area contributed by atoms with Gasteiger partial charge in [0.05, 0.1) is 24.3 Å². The standard InChI is InChI=1S/C13H13N3OS/c1-17-13-3-2-10(5-14)4-11(13)6-15-7-12-8-16-9-18-12/h2-4,8-9,15H,6-7H2,1H3. The highest BCUT2D eigenvalue weighted by atomic mass is 32.1. The minimum absolute atomic E-state index is 0.644. The van der Waals surface area contributed by atoms with E-state index in [1.54, 1.807) is 24.5 Å². The van der Waals surface area contributed by atoms with Crippen molar-refractivity contribution in [3.05, 3.63) is 45.9 Å². The summed E-state index contributed by atoms with van der Waals surface area (Å²) in [5.41, 5.74) is 3.44. The van der Waals surface area contributed by atoms with Gasteiger partial charge in [0.1, 0.15) is 5.75 Å². The topological polar surface area (TPSA) is 57.9 Å². The van der Waals surface area contributed by atoms with Gasteiger partial charge in [0, 0.05) is 29.7 Å². The predicted molar refractivity (Wildman–Crippen MR) is 70.4 cm³/mol. The van der Waals surface area contributed by atoms with Gasteiger partial charge in [-0.25, -0.2) is 0 Å². The number of aromatic nitrogens is 1. The Bertz CT molecular complexity index is 546. The van der Waals surface area contributed by atoms with Gasteiger partial charge in [0.25, 0.3) is 0 Å². The molecule has 0 radical (unpaired) electrons. The van der Waals surface area contributed by atoms with Gasteiger partial charge in [0.2, 0.25) is 0 Å². The van der Waals surface area contributed by atoms with E-state index in [-0.39, 0.29) is 0 Å². The number of nitriles is 1. The zero-order valence-corrected chi connectivity index (χ0v) is 10.8. The number of methoxy groups -OCH3 is 1. The van der Waals surface area contributed by atoms with Crippen LogP contribution in [0.2, 0.25) is 0 Å². The number of hydrogen-bond acceptors (Lipinski definition) is 5. The molecule has 4 nitrogen and oxygen atoms in total. The molecular formula is C13H13N3OS. The van der Waals surface area contributed by atoms with E-state index < -0.39 is 0 Å². The van der Waals surface area contributed by atoms with E-state index in [9.17, 15) is 0 Å². The molecule has 0 aliphatic rings. The van der Waals surface area contributed by atoms with Crippen molar-refractivity contribution >= 4 is 11.3 Å². The Kier molecular flexibility index (Phi) is 4.29. The molecule has 0 aliphatic heterocycles. The summed E-state index contributed by atoms with van der Waals surface area (Å²) in [6, 6.07) is 7.55. The summed E-state index contributed by atoms with van der Waals surface area (Å²) in [6.45, 7) is 1.43. The second-order valence-corrected chi connectivity index (χ2v) is 4.68. The fourth-order valence-electron chi connectivity index (χ4n) is 1.64. The first-order valence-corrected chi connectivity index (χ1v) is 6.36. The van der Waals surface area contributed by atoms with E-state index >= 15 is 0 Å². The molecule has 0 aliphatic carbocycles. The van der Waals surface area contributed by atoms with Crippen molar-refractivity contribution in [2.24, 2.45) is 0 Å². The van der Waals surface area contributed by atoms with Gasteiger partial charge in [0.15, 0.2) is 0 Å². The highest BCUT2D eigenvalue weighted by molar-refractivity contribution is 7.09. The minimum Gasteiger partial charge on any atom is -0.496 e. The fraction of sp³-hybridized carbons (Fsp3) is 0.231. The van der Waals surface area contributed by atoms with Crippen LogP contribution in [-0.4, -0.2) is 12.1 Å². The average Bonchev–Trinajstić information content (AvgIpc) is 2.92. The van der Waals surface area contributed by atoms with Crippen molar-refractivity contribution in [3.8, 4) is 11.8 Å². The molecule has 0 atom stereocenters. The first-order chi connectivity index (χ1) is 8.83. The number of nitrogens with one attached hydrogen (secondary N) is 1. The van der Waals surface area contributed by atoms with Crippen LogP contribution >= 0.6 is 11.3 Å². The Morgan fingerprint density at radius 2 is 2.33 bits per heavy atom. The van der Waals surface area contributed by atoms with Crippen LogP contribution in [-0.2, 0) is 13.1 Å². The monoisotopic (exact) mass is 259 g/mol. The molecule has 1 N–H and O–H groups in total. The molecule has 5 heteroatoms. The second kappa shape index (κ2) is 6.15. The Morgan fingerprint density at radius 3 is 3.00 bits per heavy atom. The van der Waals surface area contributed by atoms with Crippen molar-refractivity contribution in [1.82, 2.24) is 10.3 Å². The molecule has 0 unspecified atom stereocenters. The first-order valence-electron chi connectivity index (χ1n) is 5.48. The maximum absolute atomic E-state index is 8.88. The van der Waals surface area contributed by atoms with Gasteiger partial charge in [-0.1, -0.05) is 0 Å². The predicted octanol–water partition coefficient (Wildman–Crippen LogP) is 2.31. The summed E-state index contributed by atoms with van der Waals surface area (Å²) in [7, 11) is 1.63. The maximum atomic E-state index is 8.88. The van der Waals surface area contributed by atoms with Crippen molar-refractivity contribution in [2.75, 3.05) is 7.11 Å². The lowest BCUT2D eigenvalue weighted by Gasteiger charge is -2.09. The minimum atomic E-state index is 0.644. The number of hydrogen-bond donors (Lipinski definition) is 1. The van der Waals surface area contributed by atoms with Crippen molar-refractivity contribution < 1.29 is 4.74 Å². The molecule has 0 saturated carbocycles. The van der Waals surface area contributed by atoms with E-state index in [0.29, 0.717) is 12.1 Å². The summed E-state index contributed by atoms with van der Waals surface area (Å²) < 4.78 is 5.27. The number of benzene rings is 1. The Hall–Kier alpha value is -1.90. The summed E-state index contributed by atoms with van der Waals surface area (Å²) >= 11 is 1.62. The van der Waals surface area contributed by atoms with Crippen molar-refractivity contribution in [2.45, 2.75) is 13.1 Å². The van der Waals surface area contributed by atoms with Crippen LogP contribution in [0.4, 0.5) is 0 Å². The van der Waals surface area contributed by atoms with Crippen molar-refractivity contribution in [1.29, 1.82) is 5.26 Å². The van der Waals surface area contributed by atoms with Gasteiger partial charge in [-0.05, 0) is 18.2 Å². The number of rotatable bonds is 5. The second-order valence-electron chi connectivity index (χ2n) is 3.71. The molecule has 0 amide bonds. The molecule has 18 heavy (non-hydrogen) atoms. The molecule has 1 heterocycles. The van der Waals surface area contributed by atoms with E-state index in [1.165, 1.54) is 4.88 Å². The third-order valence-electron chi connectivity index (χ3n) is 2.51. The third-order valence-corrected chi connectivity index (χ3v) is 3.29. The zero-order chi connectivity index (χ0) is 12.8. The Morgan fingerprint density at radius 1 is 1.44 bits per heavy atom. The van der Waals surface area contributed by atoms with Crippen LogP contribution in [0, 0.1) is 11.3 Å². The molecule has 0 bridgehead atoms. The molecule has 0 saturated heterocycles. The Labute approximate surface area is 110 Å². The van der Waals surface area contributed by atoms with Crippen LogP contribution < -0.4 is 10.1 Å². The van der Waals surface area contributed by atoms with Crippen LogP contribution in [0.1, 0.15) is 16.0 Å². The molecule has 0 fully saturated rings. The van der Waals surface area contributed by atoms with E-state index in [0.717, 1.165) is 17.9 Å². The van der Waals surface area contributed by atoms with E-state index in [4.69, 9.17) is 10.00 Å². The average molecular weight is 259 g/mol. The van der Waals surface area contributed by atoms with Crippen LogP contribution in [0.3, 0.4) is 0 Å². The number of nitrogens with zero attached hydrogens (tertiary/aromatic N) is 2. The first kappa shape index (κ1) is 12.6. The van der Waals surface area contributed by atoms with Crippen LogP contribution in [0.5, 0.6) is 5.75 Å². The number of ether oxygens (including phenoxy) is 1. The SMILES string of the molecule is COc1ccc(C#N)cc1CNCc1cncs1. The summed E-state index contributed by atoms with van der Waals surface area (Å²) in [4.78, 5) is 5.21. The lowest BCUT2D eigenvalue weighted by molar-refractivity contribution is 0.407. The van der Waals surface area contributed by atoms with E-state index in [1.807, 2.05) is 23.8 Å². The molecule has 92 valence electrons. The lowest BCUT2D eigenvalue weighted by atomic mass is 10.1. The normalized spacial score (nSPS) is 10.0. The van der Waals surface area contributed by atoms with Gasteiger partial charge in [-0.3, -0.25) is 4.98 Å². The van der Waals surface area contributed by atoms with Gasteiger partial charge in [-0.2, -0.15) is 5.26 Å². The highest BCUT2D eigenvalue weighted by Crippen LogP contribution is 2.19. The summed E-state index contributed by atoms with van der Waals surface area (Å²) in [6.07, 6.45) is 1.85. The largest absolute Gasteiger partial charge is 0.496 e. The van der Waals surface area contributed by atoms with Gasteiger partial charge >= 0.3 is 0 Å². The van der Waals surface area contributed by atoms with Gasteiger partial charge < -0.3 is 10.1 Å². The van der Waals surface area contributed by atoms with Crippen LogP contribution in [0.15, 0.2) is 29.9 Å². The molecule has 1 aromatic heterocycles. The van der Waals surface area contributed by atoms with E-state index in [2.05, 4.69) is 16.4 Å². The van der Waals surface area contributed by atoms with Crippen LogP contribution in [0.25, 0.3) is 0 Å². The molecule has 1 aromatic carbocycles. The van der Waals surface area contributed by atoms with Crippen molar-refractivity contribution in [3.63, 3.8) is 0 Å². The molecule has 2 aromatic rings. The fourth-order valence-corrected chi connectivity index (χ4v) is 2.20. The quantitative estimate of drug-likeness (QED) is 0.895. The lowest BCUT2D eigenvalue weighted by Crippen LogP contribution is -2.12. The highest BCUT2D eigenvalue weighted by Gasteiger charge is 2.04. The molecular weight excluding hydrogens is 246 g/mol. The maximum Gasteiger partial charge on any atom is 0.123 e. The van der Waals surface area contributed by atoms with Gasteiger partial charge in [-0.15, -0.1) is 11.3 Å². The molecule has 2 rings (SSSR count).